The first kappa shape index (κ1) is 18.3. The van der Waals surface area contributed by atoms with Gasteiger partial charge in [-0.25, -0.2) is 0 Å². The largest absolute Gasteiger partial charge is 0.494 e. The third-order valence-electron chi connectivity index (χ3n) is 5.43. The van der Waals surface area contributed by atoms with Crippen molar-refractivity contribution in [2.24, 2.45) is 0 Å². The van der Waals surface area contributed by atoms with Gasteiger partial charge in [0, 0.05) is 18.7 Å². The van der Waals surface area contributed by atoms with Gasteiger partial charge in [-0.1, -0.05) is 0 Å². The maximum Gasteiger partial charge on any atom is 0.494 e. The number of hydrogen-bond donors (Lipinski definition) is 0. The third kappa shape index (κ3) is 3.56. The Labute approximate surface area is 150 Å². The van der Waals surface area contributed by atoms with Crippen LogP contribution in [0.5, 0.6) is 5.75 Å². The Morgan fingerprint density at radius 2 is 1.80 bits per heavy atom. The summed E-state index contributed by atoms with van der Waals surface area (Å²) in [7, 11) is 1.35. The topological polar surface area (TPSA) is 48.0 Å². The summed E-state index contributed by atoms with van der Waals surface area (Å²) in [6, 6.07) is 5.94. The Balaban J connectivity index is 1.92. The molecule has 1 aromatic carbocycles. The van der Waals surface area contributed by atoms with Crippen molar-refractivity contribution < 1.29 is 18.8 Å². The van der Waals surface area contributed by atoms with E-state index in [0.29, 0.717) is 24.0 Å². The van der Waals surface area contributed by atoms with Gasteiger partial charge in [0.25, 0.3) is 5.91 Å². The van der Waals surface area contributed by atoms with Crippen LogP contribution in [0.4, 0.5) is 0 Å². The second-order valence-electron chi connectivity index (χ2n) is 7.96. The molecule has 1 aliphatic carbocycles. The van der Waals surface area contributed by atoms with Crippen LogP contribution in [0.3, 0.4) is 0 Å². The van der Waals surface area contributed by atoms with Crippen LogP contribution in [-0.2, 0) is 9.31 Å². The molecule has 1 saturated carbocycles. The normalized spacial score (nSPS) is 21.3. The summed E-state index contributed by atoms with van der Waals surface area (Å²) in [6.07, 6.45) is 2.16. The van der Waals surface area contributed by atoms with E-state index in [2.05, 4.69) is 0 Å². The lowest BCUT2D eigenvalue weighted by Gasteiger charge is -2.32. The molecular weight excluding hydrogens is 317 g/mol. The van der Waals surface area contributed by atoms with E-state index in [4.69, 9.17) is 14.0 Å². The summed E-state index contributed by atoms with van der Waals surface area (Å²) in [5.41, 5.74) is 0.588. The lowest BCUT2D eigenvalue weighted by Crippen LogP contribution is -2.41. The van der Waals surface area contributed by atoms with Crippen molar-refractivity contribution in [2.75, 3.05) is 13.7 Å². The van der Waals surface area contributed by atoms with Crippen molar-refractivity contribution >= 4 is 18.5 Å². The molecule has 0 spiro atoms. The van der Waals surface area contributed by atoms with E-state index in [9.17, 15) is 4.79 Å². The maximum atomic E-state index is 12.8. The SMILES string of the molecule is CCOc1cc(B2OC(C)(C)C(C)(C)O2)cc(C(=O)N(C)C2CC2)c1. The average Bonchev–Trinajstić information content (AvgIpc) is 3.34. The van der Waals surface area contributed by atoms with Crippen molar-refractivity contribution in [3.05, 3.63) is 23.8 Å². The van der Waals surface area contributed by atoms with Gasteiger partial charge in [0.05, 0.1) is 17.8 Å². The van der Waals surface area contributed by atoms with Gasteiger partial charge >= 0.3 is 7.12 Å². The number of amides is 1. The molecule has 25 heavy (non-hydrogen) atoms. The van der Waals surface area contributed by atoms with E-state index in [-0.39, 0.29) is 5.91 Å². The molecule has 0 unspecified atom stereocenters. The zero-order valence-electron chi connectivity index (χ0n) is 16.1. The number of nitrogens with zero attached hydrogens (tertiary/aromatic N) is 1. The van der Waals surface area contributed by atoms with E-state index in [1.807, 2.05) is 58.7 Å². The van der Waals surface area contributed by atoms with Crippen molar-refractivity contribution in [1.29, 1.82) is 0 Å². The maximum absolute atomic E-state index is 12.8. The standard InChI is InChI=1S/C19H28BNO4/c1-7-23-16-11-13(17(22)21(6)15-8-9-15)10-14(12-16)20-24-18(2,3)19(4,5)25-20/h10-12,15H,7-9H2,1-6H3. The summed E-state index contributed by atoms with van der Waals surface area (Å²) < 4.78 is 17.9. The lowest BCUT2D eigenvalue weighted by atomic mass is 9.78. The molecule has 0 aromatic heterocycles. The molecule has 1 amide bonds. The zero-order valence-corrected chi connectivity index (χ0v) is 16.1. The Bertz CT molecular complexity index is 653. The van der Waals surface area contributed by atoms with Crippen LogP contribution in [0, 0.1) is 0 Å². The highest BCUT2D eigenvalue weighted by Crippen LogP contribution is 2.37. The first-order valence-electron chi connectivity index (χ1n) is 9.05. The van der Waals surface area contributed by atoms with Gasteiger partial charge in [0.2, 0.25) is 0 Å². The Morgan fingerprint density at radius 3 is 2.32 bits per heavy atom. The van der Waals surface area contributed by atoms with Crippen LogP contribution in [0.25, 0.3) is 0 Å². The third-order valence-corrected chi connectivity index (χ3v) is 5.43. The summed E-state index contributed by atoms with van der Waals surface area (Å²) in [5, 5.41) is 0. The molecule has 2 fully saturated rings. The average molecular weight is 345 g/mol. The van der Waals surface area contributed by atoms with Gasteiger partial charge in [-0.2, -0.15) is 0 Å². The van der Waals surface area contributed by atoms with Gasteiger partial charge in [-0.05, 0) is 71.1 Å². The second-order valence-corrected chi connectivity index (χ2v) is 7.96. The van der Waals surface area contributed by atoms with Crippen molar-refractivity contribution in [3.8, 4) is 5.75 Å². The number of carbonyl (C=O) groups is 1. The smallest absolute Gasteiger partial charge is 0.494 e. The zero-order chi connectivity index (χ0) is 18.4. The van der Waals surface area contributed by atoms with Crippen LogP contribution in [-0.4, -0.2) is 48.8 Å². The predicted octanol–water partition coefficient (Wildman–Crippen LogP) is 2.62. The molecule has 0 bridgehead atoms. The van der Waals surface area contributed by atoms with Crippen LogP contribution >= 0.6 is 0 Å². The van der Waals surface area contributed by atoms with Crippen molar-refractivity contribution in [2.45, 2.75) is 64.7 Å². The van der Waals surface area contributed by atoms with Gasteiger partial charge < -0.3 is 18.9 Å². The molecule has 1 aliphatic heterocycles. The highest BCUT2D eigenvalue weighted by molar-refractivity contribution is 6.62. The fourth-order valence-electron chi connectivity index (χ4n) is 2.94. The van der Waals surface area contributed by atoms with Crippen LogP contribution in [0.1, 0.15) is 57.8 Å². The van der Waals surface area contributed by atoms with E-state index in [0.717, 1.165) is 18.3 Å². The van der Waals surface area contributed by atoms with Gasteiger partial charge in [0.15, 0.2) is 0 Å². The van der Waals surface area contributed by atoms with Gasteiger partial charge in [-0.15, -0.1) is 0 Å². The molecule has 2 aliphatic rings. The molecule has 3 rings (SSSR count). The van der Waals surface area contributed by atoms with Gasteiger partial charge in [0.1, 0.15) is 5.75 Å². The lowest BCUT2D eigenvalue weighted by molar-refractivity contribution is 0.00578. The predicted molar refractivity (Wildman–Crippen MR) is 98.4 cm³/mol. The fraction of sp³-hybridized carbons (Fsp3) is 0.632. The number of benzene rings is 1. The number of ether oxygens (including phenoxy) is 1. The second kappa shape index (κ2) is 6.33. The van der Waals surface area contributed by atoms with E-state index >= 15 is 0 Å². The molecule has 136 valence electrons. The summed E-state index contributed by atoms with van der Waals surface area (Å²) in [5.74, 6) is 0.684. The Kier molecular flexibility index (Phi) is 4.62. The quantitative estimate of drug-likeness (QED) is 0.770. The molecule has 0 radical (unpaired) electrons. The molecule has 6 heteroatoms. The minimum Gasteiger partial charge on any atom is -0.494 e. The molecule has 0 atom stereocenters. The number of rotatable bonds is 5. The van der Waals surface area contributed by atoms with E-state index < -0.39 is 18.3 Å². The molecular formula is C19H28BNO4. The highest BCUT2D eigenvalue weighted by atomic mass is 16.7. The summed E-state index contributed by atoms with van der Waals surface area (Å²) in [6.45, 7) is 10.6. The van der Waals surface area contributed by atoms with Crippen LogP contribution in [0.2, 0.25) is 0 Å². The van der Waals surface area contributed by atoms with Crippen LogP contribution in [0.15, 0.2) is 18.2 Å². The Morgan fingerprint density at radius 1 is 1.20 bits per heavy atom. The minimum absolute atomic E-state index is 0.0156. The first-order valence-corrected chi connectivity index (χ1v) is 9.05. The molecule has 0 N–H and O–H groups in total. The fourth-order valence-corrected chi connectivity index (χ4v) is 2.94. The number of carbonyl (C=O) groups excluding carboxylic acids is 1. The highest BCUT2D eigenvalue weighted by Gasteiger charge is 2.52. The first-order chi connectivity index (χ1) is 11.6. The summed E-state index contributed by atoms with van der Waals surface area (Å²) >= 11 is 0. The van der Waals surface area contributed by atoms with Crippen molar-refractivity contribution in [3.63, 3.8) is 0 Å². The molecule has 1 heterocycles. The number of hydrogen-bond acceptors (Lipinski definition) is 4. The monoisotopic (exact) mass is 345 g/mol. The van der Waals surface area contributed by atoms with Gasteiger partial charge in [-0.3, -0.25) is 4.79 Å². The van der Waals surface area contributed by atoms with E-state index in [1.165, 1.54) is 0 Å². The minimum atomic E-state index is -0.511. The summed E-state index contributed by atoms with van der Waals surface area (Å²) in [4.78, 5) is 14.6. The Hall–Kier alpha value is -1.53. The molecule has 1 aromatic rings. The van der Waals surface area contributed by atoms with Crippen molar-refractivity contribution in [1.82, 2.24) is 4.90 Å². The molecule has 5 nitrogen and oxygen atoms in total. The van der Waals surface area contributed by atoms with E-state index in [1.54, 1.807) is 6.07 Å². The molecule has 1 saturated heterocycles. The van der Waals surface area contributed by atoms with Crippen LogP contribution < -0.4 is 10.2 Å².